The second kappa shape index (κ2) is 24.8. The smallest absolute Gasteiger partial charge is 0.463 e. The first-order valence-corrected chi connectivity index (χ1v) is 19.3. The number of rotatable bonds is 25. The standard InChI is InChI=1S/C36H44N4O19S/c1-22(42)52-21-31-32(53-23(2)43)33(54-24(3)44)34(55-25(4)45)36(57-31)56-29-10-7-27(19-30(29)59-60(47,48)58-28-8-5-26(20-41)6-9-28)35(46)38-11-13-49-15-17-51-18-16-50-14-12-39-40-37/h5-10,19-20,31-34,36H,11-18,21H2,1-4H3,(H,38,46)/t31-,32+,33+,34-,36?/m1/s1. The van der Waals surface area contributed by atoms with Crippen LogP contribution in [0.3, 0.4) is 0 Å². The average Bonchev–Trinajstić information content (AvgIpc) is 3.18. The maximum atomic E-state index is 13.2. The van der Waals surface area contributed by atoms with Crippen molar-refractivity contribution in [1.29, 1.82) is 0 Å². The number of amides is 1. The second-order valence-corrected chi connectivity index (χ2v) is 13.3. The molecule has 23 nitrogen and oxygen atoms in total. The van der Waals surface area contributed by atoms with E-state index in [2.05, 4.69) is 15.3 Å². The van der Waals surface area contributed by atoms with Crippen LogP contribution in [0.4, 0.5) is 0 Å². The van der Waals surface area contributed by atoms with Gasteiger partial charge in [0.25, 0.3) is 5.91 Å². The van der Waals surface area contributed by atoms with E-state index in [9.17, 15) is 37.2 Å². The van der Waals surface area contributed by atoms with Crippen molar-refractivity contribution < 1.29 is 88.2 Å². The quantitative estimate of drug-likeness (QED) is 0.0283. The lowest BCUT2D eigenvalue weighted by atomic mass is 9.98. The number of nitrogens with one attached hydrogen (secondary N) is 1. The van der Waals surface area contributed by atoms with Crippen LogP contribution in [0.25, 0.3) is 10.4 Å². The Hall–Kier alpha value is -6.04. The first-order chi connectivity index (χ1) is 28.6. The van der Waals surface area contributed by atoms with E-state index in [0.717, 1.165) is 39.8 Å². The molecule has 0 radical (unpaired) electrons. The number of esters is 4. The van der Waals surface area contributed by atoms with E-state index < -0.39 is 89.0 Å². The first kappa shape index (κ1) is 48.3. The Labute approximate surface area is 343 Å². The van der Waals surface area contributed by atoms with E-state index >= 15 is 0 Å². The predicted octanol–water partition coefficient (Wildman–Crippen LogP) is 1.75. The van der Waals surface area contributed by atoms with Crippen LogP contribution in [0.2, 0.25) is 0 Å². The Balaban J connectivity index is 1.87. The Kier molecular flexibility index (Phi) is 20.0. The summed E-state index contributed by atoms with van der Waals surface area (Å²) in [6.45, 7) is 5.11. The lowest BCUT2D eigenvalue weighted by molar-refractivity contribution is -0.288. The minimum atomic E-state index is -5.03. The van der Waals surface area contributed by atoms with E-state index in [1.165, 1.54) is 30.3 Å². The maximum absolute atomic E-state index is 13.2. The van der Waals surface area contributed by atoms with E-state index in [4.69, 9.17) is 56.5 Å². The van der Waals surface area contributed by atoms with Crippen LogP contribution in [0, 0.1) is 0 Å². The number of carbonyl (C=O) groups is 6. The van der Waals surface area contributed by atoms with Crippen molar-refractivity contribution in [2.24, 2.45) is 5.11 Å². The molecule has 0 saturated carbocycles. The zero-order chi connectivity index (χ0) is 44.1. The van der Waals surface area contributed by atoms with Crippen LogP contribution >= 0.6 is 0 Å². The summed E-state index contributed by atoms with van der Waals surface area (Å²) in [6, 6.07) is 8.25. The molecular formula is C36H44N4O19S. The summed E-state index contributed by atoms with van der Waals surface area (Å²) in [6.07, 6.45) is -7.56. The molecule has 2 aromatic carbocycles. The molecule has 1 N–H and O–H groups in total. The van der Waals surface area contributed by atoms with Crippen LogP contribution in [0.1, 0.15) is 48.4 Å². The molecule has 0 aliphatic carbocycles. The van der Waals surface area contributed by atoms with E-state index in [0.29, 0.717) is 6.29 Å². The largest absolute Gasteiger partial charge is 0.501 e. The number of hydrogen-bond acceptors (Lipinski definition) is 20. The molecule has 3 rings (SSSR count). The number of hydrogen-bond donors (Lipinski definition) is 1. The molecule has 328 valence electrons. The molecule has 1 aliphatic rings. The van der Waals surface area contributed by atoms with Gasteiger partial charge in [0.15, 0.2) is 23.7 Å². The highest BCUT2D eigenvalue weighted by atomic mass is 32.3. The van der Waals surface area contributed by atoms with Gasteiger partial charge in [-0.1, -0.05) is 5.11 Å². The van der Waals surface area contributed by atoms with Gasteiger partial charge in [-0.25, -0.2) is 0 Å². The molecule has 1 heterocycles. The van der Waals surface area contributed by atoms with Gasteiger partial charge < -0.3 is 56.3 Å². The first-order valence-electron chi connectivity index (χ1n) is 17.9. The zero-order valence-electron chi connectivity index (χ0n) is 32.9. The minimum Gasteiger partial charge on any atom is -0.463 e. The van der Waals surface area contributed by atoms with Crippen LogP contribution in [0.15, 0.2) is 47.6 Å². The summed E-state index contributed by atoms with van der Waals surface area (Å²) in [5.41, 5.74) is 8.32. The van der Waals surface area contributed by atoms with Crippen LogP contribution in [-0.2, 0) is 67.5 Å². The number of aldehydes is 1. The van der Waals surface area contributed by atoms with Crippen molar-refractivity contribution in [2.75, 3.05) is 59.3 Å². The third-order valence-corrected chi connectivity index (χ3v) is 8.26. The summed E-state index contributed by atoms with van der Waals surface area (Å²) >= 11 is 0. The number of nitrogens with zero attached hydrogens (tertiary/aromatic N) is 3. The molecule has 0 bridgehead atoms. The molecule has 1 saturated heterocycles. The highest BCUT2D eigenvalue weighted by molar-refractivity contribution is 7.82. The van der Waals surface area contributed by atoms with E-state index in [1.807, 2.05) is 0 Å². The fourth-order valence-electron chi connectivity index (χ4n) is 5.10. The van der Waals surface area contributed by atoms with E-state index in [-0.39, 0.29) is 69.6 Å². The van der Waals surface area contributed by atoms with Gasteiger partial charge in [0.05, 0.1) is 39.6 Å². The van der Waals surface area contributed by atoms with Crippen molar-refractivity contribution in [3.8, 4) is 17.2 Å². The molecule has 1 amide bonds. The van der Waals surface area contributed by atoms with Gasteiger partial charge in [-0.3, -0.25) is 28.8 Å². The fourth-order valence-corrected chi connectivity index (χ4v) is 5.83. The highest BCUT2D eigenvalue weighted by Gasteiger charge is 2.53. The fraction of sp³-hybridized carbons (Fsp3) is 0.500. The van der Waals surface area contributed by atoms with Crippen molar-refractivity contribution in [3.63, 3.8) is 0 Å². The summed E-state index contributed by atoms with van der Waals surface area (Å²) in [4.78, 5) is 75.3. The number of ether oxygens (including phenoxy) is 9. The van der Waals surface area contributed by atoms with Gasteiger partial charge in [0, 0.05) is 56.8 Å². The van der Waals surface area contributed by atoms with Gasteiger partial charge in [0.1, 0.15) is 24.7 Å². The molecule has 1 aliphatic heterocycles. The molecule has 0 aromatic heterocycles. The molecule has 2 aromatic rings. The van der Waals surface area contributed by atoms with Crippen molar-refractivity contribution in [2.45, 2.75) is 58.4 Å². The summed E-state index contributed by atoms with van der Waals surface area (Å²) in [5.74, 6) is -5.56. The molecule has 5 atom stereocenters. The van der Waals surface area contributed by atoms with Gasteiger partial charge in [-0.05, 0) is 48.0 Å². The third-order valence-electron chi connectivity index (χ3n) is 7.48. The van der Waals surface area contributed by atoms with Gasteiger partial charge >= 0.3 is 34.3 Å². The maximum Gasteiger partial charge on any atom is 0.501 e. The molecule has 60 heavy (non-hydrogen) atoms. The summed E-state index contributed by atoms with van der Waals surface area (Å²) < 4.78 is 86.0. The Morgan fingerprint density at radius 3 is 1.97 bits per heavy atom. The summed E-state index contributed by atoms with van der Waals surface area (Å²) in [7, 11) is -5.03. The summed E-state index contributed by atoms with van der Waals surface area (Å²) in [5, 5.41) is 5.94. The van der Waals surface area contributed by atoms with Gasteiger partial charge in [-0.15, -0.1) is 8.42 Å². The van der Waals surface area contributed by atoms with Gasteiger partial charge in [0.2, 0.25) is 12.4 Å². The van der Waals surface area contributed by atoms with Crippen LogP contribution in [-0.4, -0.2) is 135 Å². The SMILES string of the molecule is CC(=O)OC[C@H]1OC(Oc2ccc(C(=O)NCCOCCOCCOCCN=[N+]=[N-])cc2OS(=O)(=O)Oc2ccc(C=O)cc2)[C@H](OC(C)=O)[C@@H](OC(C)=O)[C@H]1OC(C)=O. The number of benzene rings is 2. The topological polar surface area (TPSA) is 299 Å². The zero-order valence-corrected chi connectivity index (χ0v) is 33.7. The number of azide groups is 1. The Morgan fingerprint density at radius 1 is 0.767 bits per heavy atom. The van der Waals surface area contributed by atoms with Crippen molar-refractivity contribution in [3.05, 3.63) is 64.0 Å². The number of carbonyl (C=O) groups excluding carboxylic acids is 6. The van der Waals surface area contributed by atoms with Crippen molar-refractivity contribution >= 4 is 46.5 Å². The monoisotopic (exact) mass is 868 g/mol. The lowest BCUT2D eigenvalue weighted by Gasteiger charge is -2.43. The third kappa shape index (κ3) is 17.1. The van der Waals surface area contributed by atoms with Crippen LogP contribution in [0.5, 0.6) is 17.2 Å². The van der Waals surface area contributed by atoms with E-state index in [1.54, 1.807) is 0 Å². The molecule has 1 fully saturated rings. The van der Waals surface area contributed by atoms with Gasteiger partial charge in [-0.2, -0.15) is 0 Å². The average molecular weight is 869 g/mol. The highest BCUT2D eigenvalue weighted by Crippen LogP contribution is 2.36. The molecule has 24 heteroatoms. The lowest BCUT2D eigenvalue weighted by Crippen LogP contribution is -2.63. The second-order valence-electron chi connectivity index (χ2n) is 12.2. The normalized spacial score (nSPS) is 18.4. The van der Waals surface area contributed by atoms with Crippen LogP contribution < -0.4 is 18.4 Å². The predicted molar refractivity (Wildman–Crippen MR) is 200 cm³/mol. The molecule has 0 spiro atoms. The Bertz CT molecular complexity index is 1940. The molecule has 1 unspecified atom stereocenters. The van der Waals surface area contributed by atoms with Crippen molar-refractivity contribution in [1.82, 2.24) is 5.32 Å². The minimum absolute atomic E-state index is 0.0126. The Morgan fingerprint density at radius 2 is 1.37 bits per heavy atom. The molecular weight excluding hydrogens is 824 g/mol.